The standard InChI is InChI=1S/C16H33O2Si.3C4H9.Sn/c1-7-9-11-15(14-18-19(5)6)13-16(3,17-4)12-10-8-2;3*1-3-4-2;/h19H,7-13H2,1-6H3;3*1,3-4H2,2H3;. The van der Waals surface area contributed by atoms with E-state index in [1.807, 2.05) is 7.11 Å². The molecule has 0 spiro atoms. The Morgan fingerprint density at radius 3 is 1.59 bits per heavy atom. The van der Waals surface area contributed by atoms with Gasteiger partial charge in [-0.05, 0) is 0 Å². The second kappa shape index (κ2) is 18.8. The van der Waals surface area contributed by atoms with Gasteiger partial charge < -0.3 is 0 Å². The molecule has 0 bridgehead atoms. The van der Waals surface area contributed by atoms with Crippen LogP contribution < -0.4 is 0 Å². The summed E-state index contributed by atoms with van der Waals surface area (Å²) < 4.78 is 19.5. The van der Waals surface area contributed by atoms with Gasteiger partial charge in [0.15, 0.2) is 0 Å². The van der Waals surface area contributed by atoms with E-state index in [1.165, 1.54) is 83.9 Å². The summed E-state index contributed by atoms with van der Waals surface area (Å²) in [7, 11) is 0.772. The van der Waals surface area contributed by atoms with Crippen molar-refractivity contribution in [3.63, 3.8) is 0 Å². The molecule has 192 valence electrons. The molecule has 4 heteroatoms. The van der Waals surface area contributed by atoms with Gasteiger partial charge in [0.25, 0.3) is 0 Å². The van der Waals surface area contributed by atoms with E-state index in [0.29, 0.717) is 0 Å². The second-order valence-corrected chi connectivity index (χ2v) is 25.9. The fraction of sp³-hybridized carbons (Fsp3) is 0.929. The molecule has 0 radical (unpaired) electrons. The van der Waals surface area contributed by atoms with E-state index in [4.69, 9.17) is 9.16 Å². The van der Waals surface area contributed by atoms with E-state index in [0.717, 1.165) is 12.8 Å². The fourth-order valence-corrected chi connectivity index (χ4v) is 25.7. The maximum atomic E-state index is 7.12. The molecule has 0 heterocycles. The van der Waals surface area contributed by atoms with E-state index >= 15 is 0 Å². The Bertz CT molecular complexity index is 470. The molecule has 0 rings (SSSR count). The molecule has 0 aromatic carbocycles. The van der Waals surface area contributed by atoms with Gasteiger partial charge in [-0.1, -0.05) is 0 Å². The average Bonchev–Trinajstić information content (AvgIpc) is 2.78. The minimum absolute atomic E-state index is 0.0515. The zero-order chi connectivity index (χ0) is 24.5. The minimum atomic E-state index is -2.64. The molecule has 32 heavy (non-hydrogen) atoms. The first-order valence-electron chi connectivity index (χ1n) is 14.2. The summed E-state index contributed by atoms with van der Waals surface area (Å²) in [6.45, 7) is 18.9. The van der Waals surface area contributed by atoms with Crippen LogP contribution in [0.5, 0.6) is 0 Å². The summed E-state index contributed by atoms with van der Waals surface area (Å²) in [5.74, 6) is 0. The number of ether oxygens (including phenoxy) is 1. The third kappa shape index (κ3) is 12.3. The summed E-state index contributed by atoms with van der Waals surface area (Å²) in [6.07, 6.45) is 16.6. The van der Waals surface area contributed by atoms with E-state index in [1.54, 1.807) is 9.35 Å². The molecule has 0 amide bonds. The molecule has 1 atom stereocenters. The topological polar surface area (TPSA) is 18.5 Å². The summed E-state index contributed by atoms with van der Waals surface area (Å²) in [5.41, 5.74) is 1.64. The molecule has 0 saturated heterocycles. The number of rotatable bonds is 21. The molecular weight excluding hydrogens is 515 g/mol. The van der Waals surface area contributed by atoms with Gasteiger partial charge in [0.05, 0.1) is 0 Å². The van der Waals surface area contributed by atoms with Crippen molar-refractivity contribution < 1.29 is 9.16 Å². The van der Waals surface area contributed by atoms with Crippen LogP contribution in [0.1, 0.15) is 125 Å². The van der Waals surface area contributed by atoms with Crippen LogP contribution >= 0.6 is 0 Å². The zero-order valence-corrected chi connectivity index (χ0v) is 27.7. The summed E-state index contributed by atoms with van der Waals surface area (Å²) in [5, 5.41) is 0. The first-order chi connectivity index (χ1) is 15.3. The Morgan fingerprint density at radius 1 is 0.750 bits per heavy atom. The van der Waals surface area contributed by atoms with Crippen molar-refractivity contribution in [3.8, 4) is 0 Å². The van der Waals surface area contributed by atoms with Gasteiger partial charge in [-0.3, -0.25) is 0 Å². The van der Waals surface area contributed by atoms with Gasteiger partial charge in [-0.15, -0.1) is 0 Å². The fourth-order valence-electron chi connectivity index (χ4n) is 5.02. The maximum absolute atomic E-state index is 7.12. The van der Waals surface area contributed by atoms with Crippen LogP contribution in [-0.4, -0.2) is 40.1 Å². The third-order valence-electron chi connectivity index (χ3n) is 7.15. The quantitative estimate of drug-likeness (QED) is 0.100. The molecule has 0 aliphatic rings. The Balaban J connectivity index is 6.63. The van der Waals surface area contributed by atoms with Crippen LogP contribution in [0, 0.1) is 0 Å². The number of hydrogen-bond acceptors (Lipinski definition) is 2. The van der Waals surface area contributed by atoms with Gasteiger partial charge >= 0.3 is 210 Å². The summed E-state index contributed by atoms with van der Waals surface area (Å²) in [4.78, 5) is 0. The van der Waals surface area contributed by atoms with Crippen molar-refractivity contribution in [3.05, 3.63) is 9.35 Å². The van der Waals surface area contributed by atoms with Crippen LogP contribution in [0.2, 0.25) is 26.4 Å². The Labute approximate surface area is 209 Å². The molecule has 0 aromatic rings. The number of methoxy groups -OCH3 is 1. The van der Waals surface area contributed by atoms with E-state index in [2.05, 4.69) is 54.6 Å². The van der Waals surface area contributed by atoms with Crippen molar-refractivity contribution in [1.29, 1.82) is 0 Å². The summed E-state index contributed by atoms with van der Waals surface area (Å²) >= 11 is -2.64. The normalized spacial score (nSPS) is 15.1. The number of hydrogen-bond donors (Lipinski definition) is 0. The predicted octanol–water partition coefficient (Wildman–Crippen LogP) is 9.80. The predicted molar refractivity (Wildman–Crippen MR) is 151 cm³/mol. The van der Waals surface area contributed by atoms with Crippen molar-refractivity contribution in [2.24, 2.45) is 0 Å². The average molecular weight is 576 g/mol. The van der Waals surface area contributed by atoms with Crippen LogP contribution in [0.15, 0.2) is 9.35 Å². The van der Waals surface area contributed by atoms with Crippen LogP contribution in [0.4, 0.5) is 0 Å². The SMILES string of the molecule is CCCCC(CC(C)(CCCC)OC)=[C](O[SiH](C)C)[Sn]([CH2]CCC)([CH2]CCC)[CH2]CCC. The molecule has 0 fully saturated rings. The molecule has 0 aromatic heterocycles. The molecular formula is C28H60O2SiSn. The Morgan fingerprint density at radius 2 is 1.22 bits per heavy atom. The van der Waals surface area contributed by atoms with Crippen molar-refractivity contribution in [2.45, 2.75) is 157 Å². The number of unbranched alkanes of at least 4 members (excludes halogenated alkanes) is 5. The first kappa shape index (κ1) is 32.5. The van der Waals surface area contributed by atoms with Gasteiger partial charge in [-0.2, -0.15) is 0 Å². The summed E-state index contributed by atoms with van der Waals surface area (Å²) in [6, 6.07) is 0. The molecule has 0 N–H and O–H groups in total. The van der Waals surface area contributed by atoms with Crippen LogP contribution in [-0.2, 0) is 9.16 Å². The van der Waals surface area contributed by atoms with Gasteiger partial charge in [-0.25, -0.2) is 0 Å². The molecule has 0 aliphatic heterocycles. The second-order valence-electron chi connectivity index (χ2n) is 10.7. The Hall–Kier alpha value is 0.516. The molecule has 2 nitrogen and oxygen atoms in total. The monoisotopic (exact) mass is 576 g/mol. The van der Waals surface area contributed by atoms with E-state index < -0.39 is 27.4 Å². The van der Waals surface area contributed by atoms with Gasteiger partial charge in [0.2, 0.25) is 0 Å². The van der Waals surface area contributed by atoms with Gasteiger partial charge in [0.1, 0.15) is 0 Å². The third-order valence-corrected chi connectivity index (χ3v) is 23.9. The first-order valence-corrected chi connectivity index (χ1v) is 24.5. The molecule has 0 aliphatic carbocycles. The van der Waals surface area contributed by atoms with Crippen molar-refractivity contribution in [1.82, 2.24) is 0 Å². The van der Waals surface area contributed by atoms with Crippen LogP contribution in [0.25, 0.3) is 0 Å². The van der Waals surface area contributed by atoms with Crippen LogP contribution in [0.3, 0.4) is 0 Å². The Kier molecular flexibility index (Phi) is 19.1. The van der Waals surface area contributed by atoms with E-state index in [9.17, 15) is 0 Å². The van der Waals surface area contributed by atoms with E-state index in [-0.39, 0.29) is 5.60 Å². The van der Waals surface area contributed by atoms with Crippen molar-refractivity contribution in [2.75, 3.05) is 7.11 Å². The molecule has 1 unspecified atom stereocenters. The zero-order valence-electron chi connectivity index (χ0n) is 23.7. The molecule has 0 saturated carbocycles. The van der Waals surface area contributed by atoms with Gasteiger partial charge in [0, 0.05) is 0 Å². The van der Waals surface area contributed by atoms with Crippen molar-refractivity contribution >= 4 is 27.4 Å².